The number of carbonyl (C=O) groups excluding carboxylic acids is 1. The van der Waals surface area contributed by atoms with Crippen LogP contribution >= 0.6 is 0 Å². The molecule has 1 amide bonds. The second-order valence-corrected chi connectivity index (χ2v) is 9.50. The average Bonchev–Trinajstić information content (AvgIpc) is 2.74. The number of carbonyl (C=O) groups is 1. The van der Waals surface area contributed by atoms with Gasteiger partial charge in [0.2, 0.25) is 10.0 Å². The largest absolute Gasteiger partial charge is 0.483 e. The van der Waals surface area contributed by atoms with Crippen molar-refractivity contribution < 1.29 is 22.7 Å². The number of nitrogens with zero attached hydrogens (tertiary/aromatic N) is 1. The van der Waals surface area contributed by atoms with Crippen LogP contribution in [0.15, 0.2) is 47.4 Å². The zero-order valence-electron chi connectivity index (χ0n) is 17.6. The summed E-state index contributed by atoms with van der Waals surface area (Å²) < 4.78 is 37.9. The predicted octanol–water partition coefficient (Wildman–Crippen LogP) is 3.16. The number of anilines is 1. The van der Waals surface area contributed by atoms with Gasteiger partial charge in [0.1, 0.15) is 5.75 Å². The number of morpholine rings is 1. The number of aryl methyl sites for hydroxylation is 1. The Hall–Kier alpha value is -2.42. The number of benzene rings is 2. The van der Waals surface area contributed by atoms with Crippen LogP contribution < -0.4 is 10.1 Å². The summed E-state index contributed by atoms with van der Waals surface area (Å²) in [5.41, 5.74) is 2.49. The van der Waals surface area contributed by atoms with Crippen molar-refractivity contribution in [2.45, 2.75) is 31.6 Å². The van der Waals surface area contributed by atoms with E-state index < -0.39 is 10.0 Å². The molecule has 162 valence electrons. The molecule has 0 unspecified atom stereocenters. The van der Waals surface area contributed by atoms with E-state index in [4.69, 9.17) is 9.47 Å². The van der Waals surface area contributed by atoms with Gasteiger partial charge in [-0.15, -0.1) is 0 Å². The maximum Gasteiger partial charge on any atom is 0.262 e. The van der Waals surface area contributed by atoms with Crippen molar-refractivity contribution in [3.8, 4) is 5.75 Å². The highest BCUT2D eigenvalue weighted by Gasteiger charge is 2.26. The Morgan fingerprint density at radius 1 is 1.17 bits per heavy atom. The van der Waals surface area contributed by atoms with Crippen LogP contribution in [0.5, 0.6) is 5.75 Å². The molecular weight excluding hydrogens is 404 g/mol. The van der Waals surface area contributed by atoms with Gasteiger partial charge in [-0.05, 0) is 48.2 Å². The molecule has 1 aliphatic heterocycles. The smallest absolute Gasteiger partial charge is 0.262 e. The summed E-state index contributed by atoms with van der Waals surface area (Å²) in [6.45, 7) is 7.36. The minimum Gasteiger partial charge on any atom is -0.483 e. The van der Waals surface area contributed by atoms with Crippen LogP contribution in [0.3, 0.4) is 0 Å². The van der Waals surface area contributed by atoms with Gasteiger partial charge in [0, 0.05) is 18.8 Å². The third-order valence-corrected chi connectivity index (χ3v) is 6.86. The number of hydrogen-bond donors (Lipinski definition) is 1. The normalized spacial score (nSPS) is 15.2. The number of sulfonamides is 1. The van der Waals surface area contributed by atoms with Crippen molar-refractivity contribution >= 4 is 21.6 Å². The molecule has 0 radical (unpaired) electrons. The predicted molar refractivity (Wildman–Crippen MR) is 115 cm³/mol. The highest BCUT2D eigenvalue weighted by molar-refractivity contribution is 7.89. The molecule has 0 atom stereocenters. The molecule has 0 spiro atoms. The van der Waals surface area contributed by atoms with Gasteiger partial charge >= 0.3 is 0 Å². The first kappa shape index (κ1) is 22.3. The molecule has 2 aromatic carbocycles. The van der Waals surface area contributed by atoms with Crippen LogP contribution in [0.4, 0.5) is 5.69 Å². The molecule has 8 heteroatoms. The SMILES string of the molecule is Cc1ccc(C(C)C)cc1OCC(=O)Nc1cccc(S(=O)(=O)N2CCOCC2)c1. The van der Waals surface area contributed by atoms with Crippen LogP contribution in [0, 0.1) is 6.92 Å². The highest BCUT2D eigenvalue weighted by Crippen LogP contribution is 2.24. The number of amides is 1. The Morgan fingerprint density at radius 3 is 2.60 bits per heavy atom. The number of nitrogens with one attached hydrogen (secondary N) is 1. The fourth-order valence-corrected chi connectivity index (χ4v) is 4.60. The van der Waals surface area contributed by atoms with E-state index >= 15 is 0 Å². The lowest BCUT2D eigenvalue weighted by Gasteiger charge is -2.26. The summed E-state index contributed by atoms with van der Waals surface area (Å²) in [5, 5.41) is 2.71. The molecule has 1 heterocycles. The van der Waals surface area contributed by atoms with Crippen molar-refractivity contribution in [2.24, 2.45) is 0 Å². The lowest BCUT2D eigenvalue weighted by atomic mass is 10.0. The monoisotopic (exact) mass is 432 g/mol. The van der Waals surface area contributed by atoms with Gasteiger partial charge in [0.25, 0.3) is 5.91 Å². The molecule has 0 aromatic heterocycles. The Kier molecular flexibility index (Phi) is 7.12. The first-order valence-corrected chi connectivity index (χ1v) is 11.4. The number of hydrogen-bond acceptors (Lipinski definition) is 5. The molecule has 0 bridgehead atoms. The van der Waals surface area contributed by atoms with Gasteiger partial charge in [0.05, 0.1) is 18.1 Å². The summed E-state index contributed by atoms with van der Waals surface area (Å²) in [6, 6.07) is 12.2. The summed E-state index contributed by atoms with van der Waals surface area (Å²) in [7, 11) is -3.62. The molecule has 2 aromatic rings. The van der Waals surface area contributed by atoms with E-state index in [0.717, 1.165) is 11.1 Å². The molecule has 0 aliphatic carbocycles. The van der Waals surface area contributed by atoms with Gasteiger partial charge in [0.15, 0.2) is 6.61 Å². The van der Waals surface area contributed by atoms with Crippen LogP contribution in [0.25, 0.3) is 0 Å². The van der Waals surface area contributed by atoms with E-state index in [2.05, 4.69) is 19.2 Å². The maximum atomic E-state index is 12.8. The first-order valence-electron chi connectivity index (χ1n) is 9.98. The van der Waals surface area contributed by atoms with Crippen molar-refractivity contribution in [1.82, 2.24) is 4.31 Å². The molecule has 0 saturated carbocycles. The van der Waals surface area contributed by atoms with Gasteiger partial charge in [-0.2, -0.15) is 4.31 Å². The van der Waals surface area contributed by atoms with Gasteiger partial charge in [-0.25, -0.2) is 8.42 Å². The molecule has 1 saturated heterocycles. The Labute approximate surface area is 178 Å². The van der Waals surface area contributed by atoms with Crippen molar-refractivity contribution in [1.29, 1.82) is 0 Å². The van der Waals surface area contributed by atoms with Gasteiger partial charge in [-0.1, -0.05) is 32.0 Å². The quantitative estimate of drug-likeness (QED) is 0.727. The summed E-state index contributed by atoms with van der Waals surface area (Å²) in [6.07, 6.45) is 0. The fourth-order valence-electron chi connectivity index (χ4n) is 3.14. The van der Waals surface area contributed by atoms with Crippen LogP contribution in [-0.2, 0) is 19.6 Å². The number of ether oxygens (including phenoxy) is 2. The van der Waals surface area contributed by atoms with E-state index in [1.807, 2.05) is 25.1 Å². The second-order valence-electron chi connectivity index (χ2n) is 7.56. The lowest BCUT2D eigenvalue weighted by Crippen LogP contribution is -2.40. The molecule has 7 nitrogen and oxygen atoms in total. The van der Waals surface area contributed by atoms with Gasteiger partial charge < -0.3 is 14.8 Å². The van der Waals surface area contributed by atoms with E-state index in [-0.39, 0.29) is 17.4 Å². The van der Waals surface area contributed by atoms with E-state index in [9.17, 15) is 13.2 Å². The number of rotatable bonds is 7. The van der Waals surface area contributed by atoms with Gasteiger partial charge in [-0.3, -0.25) is 4.79 Å². The van der Waals surface area contributed by atoms with E-state index in [1.165, 1.54) is 16.4 Å². The molecule has 30 heavy (non-hydrogen) atoms. The maximum absolute atomic E-state index is 12.8. The van der Waals surface area contributed by atoms with Crippen molar-refractivity contribution in [2.75, 3.05) is 38.2 Å². The van der Waals surface area contributed by atoms with E-state index in [0.29, 0.717) is 43.7 Å². The zero-order chi connectivity index (χ0) is 21.7. The first-order chi connectivity index (χ1) is 14.3. The lowest BCUT2D eigenvalue weighted by molar-refractivity contribution is -0.118. The summed E-state index contributed by atoms with van der Waals surface area (Å²) in [4.78, 5) is 12.5. The van der Waals surface area contributed by atoms with Crippen molar-refractivity contribution in [3.63, 3.8) is 0 Å². The Bertz CT molecular complexity index is 998. The molecule has 1 N–H and O–H groups in total. The second kappa shape index (κ2) is 9.59. The van der Waals surface area contributed by atoms with Crippen LogP contribution in [0.2, 0.25) is 0 Å². The highest BCUT2D eigenvalue weighted by atomic mass is 32.2. The fraction of sp³-hybridized carbons (Fsp3) is 0.409. The minimum atomic E-state index is -3.62. The van der Waals surface area contributed by atoms with Crippen LogP contribution in [-0.4, -0.2) is 51.5 Å². The molecule has 3 rings (SSSR count). The average molecular weight is 433 g/mol. The molecule has 1 aliphatic rings. The minimum absolute atomic E-state index is 0.142. The third kappa shape index (κ3) is 5.38. The molecular formula is C22H28N2O5S. The molecule has 1 fully saturated rings. The zero-order valence-corrected chi connectivity index (χ0v) is 18.4. The van der Waals surface area contributed by atoms with Crippen LogP contribution in [0.1, 0.15) is 30.9 Å². The summed E-state index contributed by atoms with van der Waals surface area (Å²) in [5.74, 6) is 0.670. The Balaban J connectivity index is 1.65. The van der Waals surface area contributed by atoms with Crippen molar-refractivity contribution in [3.05, 3.63) is 53.6 Å². The Morgan fingerprint density at radius 2 is 1.90 bits per heavy atom. The third-order valence-electron chi connectivity index (χ3n) is 4.96. The standard InChI is InChI=1S/C22H28N2O5S/c1-16(2)18-8-7-17(3)21(13-18)29-15-22(25)23-19-5-4-6-20(14-19)30(26,27)24-9-11-28-12-10-24/h4-8,13-14,16H,9-12,15H2,1-3H3,(H,23,25). The topological polar surface area (TPSA) is 84.9 Å². The summed E-state index contributed by atoms with van der Waals surface area (Å²) >= 11 is 0. The van der Waals surface area contributed by atoms with E-state index in [1.54, 1.807) is 12.1 Å².